The van der Waals surface area contributed by atoms with Gasteiger partial charge in [0.25, 0.3) is 0 Å². The highest BCUT2D eigenvalue weighted by atomic mass is 16.5. The Bertz CT molecular complexity index is 513. The first-order chi connectivity index (χ1) is 12.4. The Balaban J connectivity index is 2.29. The fraction of sp³-hybridized carbons (Fsp3) is 0.667. The van der Waals surface area contributed by atoms with Gasteiger partial charge >= 0.3 is 5.97 Å². The van der Waals surface area contributed by atoms with Gasteiger partial charge < -0.3 is 14.6 Å². The van der Waals surface area contributed by atoms with E-state index in [1.807, 2.05) is 26.2 Å². The maximum absolute atomic E-state index is 10.8. The molecule has 0 fully saturated rings. The van der Waals surface area contributed by atoms with Gasteiger partial charge in [0.1, 0.15) is 12.4 Å². The van der Waals surface area contributed by atoms with Crippen LogP contribution in [0, 0.1) is 5.92 Å². The number of rotatable bonds is 14. The predicted molar refractivity (Wildman–Crippen MR) is 104 cm³/mol. The summed E-state index contributed by atoms with van der Waals surface area (Å²) in [5.41, 5.74) is 1.37. The van der Waals surface area contributed by atoms with Crippen LogP contribution in [0.25, 0.3) is 0 Å². The second-order valence-electron chi connectivity index (χ2n) is 7.64. The average molecular weight is 367 g/mol. The molecule has 1 aromatic rings. The number of ether oxygens (including phenoxy) is 2. The van der Waals surface area contributed by atoms with Crippen LogP contribution in [-0.4, -0.2) is 56.1 Å². The Morgan fingerprint density at radius 2 is 1.85 bits per heavy atom. The number of benzene rings is 1. The minimum atomic E-state index is -0.824. The van der Waals surface area contributed by atoms with Gasteiger partial charge in [-0.3, -0.25) is 4.48 Å². The Hall–Kier alpha value is -1.59. The summed E-state index contributed by atoms with van der Waals surface area (Å²) in [6, 6.07) is 8.34. The quantitative estimate of drug-likeness (QED) is 0.308. The second-order valence-corrected chi connectivity index (χ2v) is 7.64. The molecular weight excluding hydrogens is 330 g/mol. The first kappa shape index (κ1) is 22.5. The van der Waals surface area contributed by atoms with Crippen molar-refractivity contribution in [1.29, 1.82) is 0 Å². The molecule has 0 amide bonds. The topological polar surface area (TPSA) is 55.8 Å². The van der Waals surface area contributed by atoms with E-state index in [9.17, 15) is 4.79 Å². The normalized spacial score (nSPS) is 12.8. The largest absolute Gasteiger partial charge is 0.491 e. The lowest BCUT2D eigenvalue weighted by molar-refractivity contribution is -0.902. The molecule has 0 aliphatic heterocycles. The van der Waals surface area contributed by atoms with E-state index in [1.54, 1.807) is 0 Å². The standard InChI is InChI=1S/C21H35NO4/c1-5-7-8-18(6-2)15-19-9-11-20(12-10-19)26-14-13-25-17-22(3,4)16-21(23)24/h9-12,18H,5-8,13-17H2,1-4H3/p+1. The molecule has 0 radical (unpaired) electrons. The first-order valence-electron chi connectivity index (χ1n) is 9.69. The summed E-state index contributed by atoms with van der Waals surface area (Å²) in [4.78, 5) is 10.8. The van der Waals surface area contributed by atoms with E-state index in [0.717, 1.165) is 18.1 Å². The van der Waals surface area contributed by atoms with Gasteiger partial charge in [-0.1, -0.05) is 51.7 Å². The highest BCUT2D eigenvalue weighted by molar-refractivity contribution is 5.67. The molecule has 1 aromatic carbocycles. The van der Waals surface area contributed by atoms with Gasteiger partial charge in [-0.15, -0.1) is 0 Å². The van der Waals surface area contributed by atoms with Crippen molar-refractivity contribution in [3.8, 4) is 5.75 Å². The molecule has 0 aliphatic rings. The van der Waals surface area contributed by atoms with E-state index in [0.29, 0.717) is 24.4 Å². The second kappa shape index (κ2) is 11.9. The number of unbranched alkanes of at least 4 members (excludes halogenated alkanes) is 1. The zero-order valence-electron chi connectivity index (χ0n) is 16.9. The molecular formula is C21H36NO4+. The van der Waals surface area contributed by atoms with E-state index >= 15 is 0 Å². The van der Waals surface area contributed by atoms with E-state index in [4.69, 9.17) is 14.6 Å². The lowest BCUT2D eigenvalue weighted by Crippen LogP contribution is -2.45. The molecule has 0 aliphatic carbocycles. The predicted octanol–water partition coefficient (Wildman–Crippen LogP) is 3.96. The van der Waals surface area contributed by atoms with Crippen LogP contribution in [0.2, 0.25) is 0 Å². The molecule has 0 spiro atoms. The maximum atomic E-state index is 10.8. The summed E-state index contributed by atoms with van der Waals surface area (Å²) in [5.74, 6) is 0.788. The van der Waals surface area contributed by atoms with E-state index < -0.39 is 5.97 Å². The number of carbonyl (C=O) groups is 1. The van der Waals surface area contributed by atoms with Crippen molar-refractivity contribution in [2.75, 3.05) is 40.6 Å². The summed E-state index contributed by atoms with van der Waals surface area (Å²) < 4.78 is 11.5. The number of hydrogen-bond donors (Lipinski definition) is 1. The van der Waals surface area contributed by atoms with Crippen molar-refractivity contribution in [2.24, 2.45) is 5.92 Å². The summed E-state index contributed by atoms with van der Waals surface area (Å²) in [5, 5.41) is 8.84. The Morgan fingerprint density at radius 3 is 2.42 bits per heavy atom. The molecule has 0 bridgehead atoms. The Labute approximate surface area is 158 Å². The smallest absolute Gasteiger partial charge is 0.359 e. The average Bonchev–Trinajstić information content (AvgIpc) is 2.58. The van der Waals surface area contributed by atoms with Crippen molar-refractivity contribution in [3.63, 3.8) is 0 Å². The van der Waals surface area contributed by atoms with Crippen LogP contribution in [0.1, 0.15) is 45.1 Å². The van der Waals surface area contributed by atoms with E-state index in [2.05, 4.69) is 26.0 Å². The van der Waals surface area contributed by atoms with Gasteiger partial charge in [-0.05, 0) is 30.0 Å². The zero-order chi connectivity index (χ0) is 19.4. The highest BCUT2D eigenvalue weighted by Crippen LogP contribution is 2.20. The molecule has 1 rings (SSSR count). The molecule has 0 aromatic heterocycles. The summed E-state index contributed by atoms with van der Waals surface area (Å²) >= 11 is 0. The van der Waals surface area contributed by atoms with Crippen LogP contribution < -0.4 is 4.74 Å². The van der Waals surface area contributed by atoms with Crippen LogP contribution in [0.3, 0.4) is 0 Å². The molecule has 5 nitrogen and oxygen atoms in total. The van der Waals surface area contributed by atoms with Crippen molar-refractivity contribution in [3.05, 3.63) is 29.8 Å². The molecule has 0 saturated carbocycles. The first-order valence-corrected chi connectivity index (χ1v) is 9.69. The minimum Gasteiger partial charge on any atom is -0.491 e. The van der Waals surface area contributed by atoms with Crippen molar-refractivity contribution in [2.45, 2.75) is 46.0 Å². The monoisotopic (exact) mass is 366 g/mol. The highest BCUT2D eigenvalue weighted by Gasteiger charge is 2.19. The van der Waals surface area contributed by atoms with Crippen molar-refractivity contribution < 1.29 is 23.9 Å². The van der Waals surface area contributed by atoms with Crippen LogP contribution in [0.4, 0.5) is 0 Å². The van der Waals surface area contributed by atoms with Crippen molar-refractivity contribution >= 4 is 5.97 Å². The van der Waals surface area contributed by atoms with Crippen LogP contribution >= 0.6 is 0 Å². The fourth-order valence-corrected chi connectivity index (χ4v) is 2.94. The van der Waals surface area contributed by atoms with Crippen LogP contribution in [0.5, 0.6) is 5.75 Å². The Morgan fingerprint density at radius 1 is 1.15 bits per heavy atom. The van der Waals surface area contributed by atoms with Gasteiger partial charge in [0.05, 0.1) is 20.7 Å². The minimum absolute atomic E-state index is 0.0410. The lowest BCUT2D eigenvalue weighted by Gasteiger charge is -2.26. The fourth-order valence-electron chi connectivity index (χ4n) is 2.94. The molecule has 1 atom stereocenters. The Kier molecular flexibility index (Phi) is 10.3. The lowest BCUT2D eigenvalue weighted by atomic mass is 9.92. The summed E-state index contributed by atoms with van der Waals surface area (Å²) in [6.45, 7) is 5.81. The number of quaternary nitrogens is 1. The number of carboxylic acid groups (broad SMARTS) is 1. The SMILES string of the molecule is CCCCC(CC)Cc1ccc(OCCOC[N+](C)(C)CC(=O)O)cc1. The van der Waals surface area contributed by atoms with Gasteiger partial charge in [-0.2, -0.15) is 0 Å². The molecule has 26 heavy (non-hydrogen) atoms. The molecule has 5 heteroatoms. The third kappa shape index (κ3) is 9.78. The molecule has 0 saturated heterocycles. The summed E-state index contributed by atoms with van der Waals surface area (Å²) in [7, 11) is 3.66. The van der Waals surface area contributed by atoms with Gasteiger partial charge in [0.2, 0.25) is 0 Å². The molecule has 148 valence electrons. The number of carboxylic acids is 1. The molecule has 1 N–H and O–H groups in total. The molecule has 0 heterocycles. The third-order valence-corrected chi connectivity index (χ3v) is 4.49. The number of nitrogens with zero attached hydrogens (tertiary/aromatic N) is 1. The summed E-state index contributed by atoms with van der Waals surface area (Å²) in [6.07, 6.45) is 6.24. The van der Waals surface area contributed by atoms with Crippen molar-refractivity contribution in [1.82, 2.24) is 0 Å². The van der Waals surface area contributed by atoms with E-state index in [-0.39, 0.29) is 6.54 Å². The van der Waals surface area contributed by atoms with Gasteiger partial charge in [-0.25, -0.2) is 4.79 Å². The number of likely N-dealkylation sites (N-methyl/N-ethyl adjacent to an activating group) is 1. The van der Waals surface area contributed by atoms with Gasteiger partial charge in [0, 0.05) is 0 Å². The third-order valence-electron chi connectivity index (χ3n) is 4.49. The molecule has 1 unspecified atom stereocenters. The number of hydrogen-bond acceptors (Lipinski definition) is 3. The van der Waals surface area contributed by atoms with Crippen LogP contribution in [-0.2, 0) is 16.0 Å². The van der Waals surface area contributed by atoms with Gasteiger partial charge in [0.15, 0.2) is 13.3 Å². The number of aliphatic carboxylic acids is 1. The van der Waals surface area contributed by atoms with E-state index in [1.165, 1.54) is 31.2 Å². The maximum Gasteiger partial charge on any atom is 0.359 e. The zero-order valence-corrected chi connectivity index (χ0v) is 16.9. The van der Waals surface area contributed by atoms with Crippen LogP contribution in [0.15, 0.2) is 24.3 Å².